The fourth-order valence-electron chi connectivity index (χ4n) is 9.95. The number of esters is 1. The van der Waals surface area contributed by atoms with Gasteiger partial charge in [0.25, 0.3) is 5.56 Å². The van der Waals surface area contributed by atoms with Crippen LogP contribution in [0.1, 0.15) is 147 Å². The average molecular weight is 945 g/mol. The van der Waals surface area contributed by atoms with Gasteiger partial charge in [-0.1, -0.05) is 54.4 Å². The number of pyridine rings is 2. The normalized spacial score (nSPS) is 19.3. The lowest BCUT2D eigenvalue weighted by molar-refractivity contribution is -0.172. The van der Waals surface area contributed by atoms with Crippen molar-refractivity contribution >= 4 is 46.4 Å². The van der Waals surface area contributed by atoms with Gasteiger partial charge < -0.3 is 35.1 Å². The highest BCUT2D eigenvalue weighted by Gasteiger charge is 2.48. The number of aliphatic hydroxyl groups is 1. The smallest absolute Gasteiger partial charge is 0.343 e. The Kier molecular flexibility index (Phi) is 16.6. The molecule has 370 valence electrons. The molecule has 0 spiro atoms. The molecule has 0 bridgehead atoms. The Bertz CT molecular complexity index is 2510. The maximum absolute atomic E-state index is 15.3. The molecule has 1 saturated heterocycles. The highest BCUT2D eigenvalue weighted by molar-refractivity contribution is 6.04. The summed E-state index contributed by atoms with van der Waals surface area (Å²) in [5.41, 5.74) is 1.31. The van der Waals surface area contributed by atoms with E-state index >= 15 is 4.39 Å². The van der Waals surface area contributed by atoms with Crippen LogP contribution in [0.5, 0.6) is 0 Å². The zero-order valence-corrected chi connectivity index (χ0v) is 40.9. The van der Waals surface area contributed by atoms with Crippen molar-refractivity contribution in [3.63, 3.8) is 0 Å². The number of nitrogens with one attached hydrogen (secondary N) is 3. The number of benzene rings is 1. The van der Waals surface area contributed by atoms with Crippen LogP contribution in [0.15, 0.2) is 23.0 Å². The van der Waals surface area contributed by atoms with Crippen molar-refractivity contribution in [1.82, 2.24) is 30.4 Å². The second-order valence-electron chi connectivity index (χ2n) is 19.4. The summed E-state index contributed by atoms with van der Waals surface area (Å²) in [4.78, 5) is 97.2. The third kappa shape index (κ3) is 10.7. The standard InChI is InChI=1S/C51H69FN6O10/c1-9-19-50(8,10-2)37-24-42(60)57(48(37)64)20-15-12-13-18-41(59)56-43(29(4)5)46(62)54-31(7)45(61)53-28-67-21-16-14-17-33-30(6)38(52)25-39-34(33)22-32-26-58-40(44(32)55-39)23-36-35(47(58)63)27-68-49(65)51(36,66)11-3/h22-23,25,29,31,37,43,66H,9-21,24,26-28H2,1-8H3,(H,53,61)(H,54,62)(H,56,59)/t31-,37?,43-,50?,51-/m0/s1. The Morgan fingerprint density at radius 1 is 1.01 bits per heavy atom. The number of nitrogens with zero attached hydrogens (tertiary/aromatic N) is 3. The molecule has 3 aliphatic heterocycles. The van der Waals surface area contributed by atoms with Crippen LogP contribution in [0.25, 0.3) is 22.3 Å². The van der Waals surface area contributed by atoms with Crippen molar-refractivity contribution in [2.75, 3.05) is 19.9 Å². The van der Waals surface area contributed by atoms with Crippen LogP contribution in [0, 0.1) is 30.0 Å². The van der Waals surface area contributed by atoms with E-state index in [1.807, 2.05) is 6.07 Å². The number of likely N-dealkylation sites (tertiary alicyclic amines) is 1. The van der Waals surface area contributed by atoms with E-state index in [-0.39, 0.29) is 90.8 Å². The first-order chi connectivity index (χ1) is 32.3. The Morgan fingerprint density at radius 3 is 2.46 bits per heavy atom. The zero-order valence-electron chi connectivity index (χ0n) is 40.9. The number of halogens is 1. The number of unbranched alkanes of at least 4 members (excludes halogenated alkanes) is 3. The lowest BCUT2D eigenvalue weighted by Crippen LogP contribution is -2.54. The largest absolute Gasteiger partial charge is 0.458 e. The van der Waals surface area contributed by atoms with Gasteiger partial charge in [-0.3, -0.25) is 33.7 Å². The van der Waals surface area contributed by atoms with Gasteiger partial charge in [0.2, 0.25) is 29.5 Å². The molecule has 17 heteroatoms. The first kappa shape index (κ1) is 51.8. The van der Waals surface area contributed by atoms with Gasteiger partial charge in [0.1, 0.15) is 31.2 Å². The molecule has 5 heterocycles. The molecule has 4 N–H and O–H groups in total. The van der Waals surface area contributed by atoms with E-state index in [0.717, 1.165) is 35.8 Å². The average Bonchev–Trinajstić information content (AvgIpc) is 3.81. The fraction of sp³-hybridized carbons (Fsp3) is 0.608. The first-order valence-corrected chi connectivity index (χ1v) is 24.4. The molecular weight excluding hydrogens is 876 g/mol. The van der Waals surface area contributed by atoms with E-state index in [1.165, 1.54) is 11.0 Å². The summed E-state index contributed by atoms with van der Waals surface area (Å²) >= 11 is 0. The third-order valence-electron chi connectivity index (χ3n) is 14.5. The molecule has 16 nitrogen and oxygen atoms in total. The number of ether oxygens (including phenoxy) is 2. The van der Waals surface area contributed by atoms with Gasteiger partial charge >= 0.3 is 5.97 Å². The van der Waals surface area contributed by atoms with Gasteiger partial charge in [-0.2, -0.15) is 0 Å². The van der Waals surface area contributed by atoms with Gasteiger partial charge in [-0.15, -0.1) is 0 Å². The summed E-state index contributed by atoms with van der Waals surface area (Å²) in [6.07, 6.45) is 6.61. The number of carbonyl (C=O) groups is 6. The maximum Gasteiger partial charge on any atom is 0.343 e. The molecule has 2 aromatic heterocycles. The summed E-state index contributed by atoms with van der Waals surface area (Å²) < 4.78 is 27.7. The summed E-state index contributed by atoms with van der Waals surface area (Å²) in [5.74, 6) is -3.24. The van der Waals surface area contributed by atoms with E-state index < -0.39 is 41.3 Å². The van der Waals surface area contributed by atoms with E-state index in [2.05, 4.69) is 36.7 Å². The quantitative estimate of drug-likeness (QED) is 0.0305. The second-order valence-corrected chi connectivity index (χ2v) is 19.4. The van der Waals surface area contributed by atoms with Crippen LogP contribution in [0.3, 0.4) is 0 Å². The van der Waals surface area contributed by atoms with Crippen LogP contribution in [-0.4, -0.2) is 87.0 Å². The number of aromatic nitrogens is 2. The number of rotatable bonds is 23. The van der Waals surface area contributed by atoms with Crippen molar-refractivity contribution in [1.29, 1.82) is 0 Å². The number of fused-ring (bicyclic) bond motifs is 5. The summed E-state index contributed by atoms with van der Waals surface area (Å²) in [6.45, 7) is 15.3. The number of hydrogen-bond acceptors (Lipinski definition) is 11. The van der Waals surface area contributed by atoms with Gasteiger partial charge in [0.05, 0.1) is 34.9 Å². The Labute approximate surface area is 397 Å². The zero-order chi connectivity index (χ0) is 49.7. The van der Waals surface area contributed by atoms with E-state index in [9.17, 15) is 38.7 Å². The number of imide groups is 1. The predicted molar refractivity (Wildman–Crippen MR) is 252 cm³/mol. The molecule has 1 fully saturated rings. The molecule has 2 unspecified atom stereocenters. The van der Waals surface area contributed by atoms with Crippen molar-refractivity contribution in [2.24, 2.45) is 17.3 Å². The van der Waals surface area contributed by atoms with Gasteiger partial charge in [0, 0.05) is 48.6 Å². The fourth-order valence-corrected chi connectivity index (χ4v) is 9.95. The Hall–Kier alpha value is -5.55. The summed E-state index contributed by atoms with van der Waals surface area (Å²) in [6, 6.07) is 3.16. The van der Waals surface area contributed by atoms with Crippen LogP contribution in [0.2, 0.25) is 0 Å². The minimum atomic E-state index is -1.95. The molecule has 1 aromatic carbocycles. The van der Waals surface area contributed by atoms with Crippen molar-refractivity contribution in [3.8, 4) is 11.4 Å². The van der Waals surface area contributed by atoms with E-state index in [1.54, 1.807) is 45.3 Å². The van der Waals surface area contributed by atoms with Crippen molar-refractivity contribution in [2.45, 2.75) is 163 Å². The van der Waals surface area contributed by atoms with E-state index in [0.29, 0.717) is 74.1 Å². The molecule has 0 saturated carbocycles. The van der Waals surface area contributed by atoms with E-state index in [4.69, 9.17) is 14.5 Å². The highest BCUT2D eigenvalue weighted by atomic mass is 19.1. The van der Waals surface area contributed by atoms with Gasteiger partial charge in [-0.25, -0.2) is 14.2 Å². The molecular formula is C51H69FN6O10. The molecule has 3 aromatic rings. The topological polar surface area (TPSA) is 215 Å². The number of amides is 5. The first-order valence-electron chi connectivity index (χ1n) is 24.4. The number of aryl methyl sites for hydroxylation is 1. The number of carbonyl (C=O) groups excluding carboxylic acids is 6. The summed E-state index contributed by atoms with van der Waals surface area (Å²) in [5, 5.41) is 20.1. The van der Waals surface area contributed by atoms with Crippen LogP contribution < -0.4 is 21.5 Å². The van der Waals surface area contributed by atoms with Crippen LogP contribution >= 0.6 is 0 Å². The third-order valence-corrected chi connectivity index (χ3v) is 14.5. The predicted octanol–water partition coefficient (Wildman–Crippen LogP) is 5.74. The second kappa shape index (κ2) is 21.8. The minimum absolute atomic E-state index is 0.0232. The SMILES string of the molecule is CCCC(C)(CC)C1CC(=O)N(CCCCCC(=O)N[C@H](C(=O)N[C@@H](C)C(=O)NCOCCCCc2c(C)c(F)cc3nc4c(cc23)Cn2c-4cc3c(c2=O)COC(=O)[C@]3(O)CC)C(C)C)C1=O. The van der Waals surface area contributed by atoms with Gasteiger partial charge in [0.15, 0.2) is 5.60 Å². The molecule has 68 heavy (non-hydrogen) atoms. The lowest BCUT2D eigenvalue weighted by atomic mass is 9.71. The maximum atomic E-state index is 15.3. The monoisotopic (exact) mass is 945 g/mol. The summed E-state index contributed by atoms with van der Waals surface area (Å²) in [7, 11) is 0. The lowest BCUT2D eigenvalue weighted by Gasteiger charge is -2.33. The van der Waals surface area contributed by atoms with Crippen molar-refractivity contribution < 1.29 is 47.7 Å². The number of cyclic esters (lactones) is 1. The van der Waals surface area contributed by atoms with Crippen LogP contribution in [0.4, 0.5) is 4.39 Å². The minimum Gasteiger partial charge on any atom is -0.458 e. The molecule has 3 aliphatic rings. The van der Waals surface area contributed by atoms with Crippen molar-refractivity contribution in [3.05, 3.63) is 62.2 Å². The molecule has 0 aliphatic carbocycles. The molecule has 0 radical (unpaired) electrons. The Morgan fingerprint density at radius 2 is 1.76 bits per heavy atom. The highest BCUT2D eigenvalue weighted by Crippen LogP contribution is 2.43. The molecule has 6 rings (SSSR count). The Balaban J connectivity index is 0.919. The van der Waals surface area contributed by atoms with Gasteiger partial charge in [-0.05, 0) is 99.8 Å². The molecule has 5 atom stereocenters. The molecule has 5 amide bonds. The van der Waals surface area contributed by atoms with Crippen LogP contribution in [-0.2, 0) is 63.4 Å². The number of hydrogen-bond donors (Lipinski definition) is 4.